The molecule has 3 rings (SSSR count). The second-order valence-electron chi connectivity index (χ2n) is 6.18. The van der Waals surface area contributed by atoms with Crippen LogP contribution in [0.25, 0.3) is 11.0 Å². The van der Waals surface area contributed by atoms with Gasteiger partial charge < -0.3 is 25.3 Å². The van der Waals surface area contributed by atoms with Crippen molar-refractivity contribution in [3.8, 4) is 5.75 Å². The molecule has 3 aromatic rings. The van der Waals surface area contributed by atoms with E-state index >= 15 is 0 Å². The standard InChI is InChI=1S/C20H19FN2O5/c1-11-18(20(26)23-16(9-24)19(22)25)14-8-13(6-7-17(14)28-11)27-10-12-4-2-3-5-15(12)21/h2-8,16,24H,9-10H2,1H3,(H2,22,25)(H,23,26). The van der Waals surface area contributed by atoms with Gasteiger partial charge in [0, 0.05) is 10.9 Å². The van der Waals surface area contributed by atoms with Crippen molar-refractivity contribution in [2.75, 3.05) is 6.61 Å². The van der Waals surface area contributed by atoms with Crippen LogP contribution in [-0.2, 0) is 11.4 Å². The van der Waals surface area contributed by atoms with E-state index in [0.29, 0.717) is 28.0 Å². The van der Waals surface area contributed by atoms with Gasteiger partial charge in [0.2, 0.25) is 5.91 Å². The molecule has 0 radical (unpaired) electrons. The van der Waals surface area contributed by atoms with E-state index in [1.807, 2.05) is 0 Å². The van der Waals surface area contributed by atoms with Gasteiger partial charge in [-0.15, -0.1) is 0 Å². The molecule has 7 nitrogen and oxygen atoms in total. The molecule has 146 valence electrons. The van der Waals surface area contributed by atoms with Crippen LogP contribution in [0.2, 0.25) is 0 Å². The molecule has 0 aliphatic rings. The summed E-state index contributed by atoms with van der Waals surface area (Å²) in [6.45, 7) is 1.00. The SMILES string of the molecule is Cc1oc2ccc(OCc3ccccc3F)cc2c1C(=O)NC(CO)C(N)=O. The van der Waals surface area contributed by atoms with Crippen molar-refractivity contribution in [3.63, 3.8) is 0 Å². The number of hydrogen-bond donors (Lipinski definition) is 3. The number of rotatable bonds is 7. The maximum absolute atomic E-state index is 13.7. The first-order valence-corrected chi connectivity index (χ1v) is 8.51. The summed E-state index contributed by atoms with van der Waals surface area (Å²) in [6.07, 6.45) is 0. The van der Waals surface area contributed by atoms with Crippen LogP contribution in [0.3, 0.4) is 0 Å². The lowest BCUT2D eigenvalue weighted by molar-refractivity contribution is -0.120. The molecule has 0 aliphatic carbocycles. The smallest absolute Gasteiger partial charge is 0.256 e. The van der Waals surface area contributed by atoms with Crippen LogP contribution >= 0.6 is 0 Å². The molecule has 1 aromatic heterocycles. The average Bonchev–Trinajstić information content (AvgIpc) is 3.00. The molecule has 2 amide bonds. The Hall–Kier alpha value is -3.39. The highest BCUT2D eigenvalue weighted by Gasteiger charge is 2.23. The fourth-order valence-corrected chi connectivity index (χ4v) is 2.78. The van der Waals surface area contributed by atoms with Crippen LogP contribution in [0.4, 0.5) is 4.39 Å². The first kappa shape index (κ1) is 19.4. The summed E-state index contributed by atoms with van der Waals surface area (Å²) in [5.41, 5.74) is 6.19. The summed E-state index contributed by atoms with van der Waals surface area (Å²) in [4.78, 5) is 23.8. The molecule has 0 spiro atoms. The predicted octanol–water partition coefficient (Wildman–Crippen LogP) is 2.04. The van der Waals surface area contributed by atoms with E-state index in [4.69, 9.17) is 14.9 Å². The maximum atomic E-state index is 13.7. The molecule has 0 fully saturated rings. The number of benzene rings is 2. The number of fused-ring (bicyclic) bond motifs is 1. The lowest BCUT2D eigenvalue weighted by Crippen LogP contribution is -2.46. The number of carbonyl (C=O) groups is 2. The van der Waals surface area contributed by atoms with E-state index in [0.717, 1.165) is 0 Å². The molecule has 0 saturated heterocycles. The first-order valence-electron chi connectivity index (χ1n) is 8.51. The molecule has 4 N–H and O–H groups in total. The lowest BCUT2D eigenvalue weighted by atomic mass is 10.1. The maximum Gasteiger partial charge on any atom is 0.256 e. The minimum Gasteiger partial charge on any atom is -0.489 e. The van der Waals surface area contributed by atoms with Gasteiger partial charge >= 0.3 is 0 Å². The highest BCUT2D eigenvalue weighted by Crippen LogP contribution is 2.29. The van der Waals surface area contributed by atoms with E-state index < -0.39 is 24.5 Å². The number of ether oxygens (including phenoxy) is 1. The average molecular weight is 386 g/mol. The number of aryl methyl sites for hydroxylation is 1. The normalized spacial score (nSPS) is 12.0. The van der Waals surface area contributed by atoms with Gasteiger partial charge in [0.15, 0.2) is 0 Å². The molecule has 2 aromatic carbocycles. The molecule has 1 unspecified atom stereocenters. The first-order chi connectivity index (χ1) is 13.4. The quantitative estimate of drug-likeness (QED) is 0.575. The molecule has 8 heteroatoms. The van der Waals surface area contributed by atoms with Crippen molar-refractivity contribution in [1.82, 2.24) is 5.32 Å². The van der Waals surface area contributed by atoms with Crippen molar-refractivity contribution in [3.05, 3.63) is 65.2 Å². The van der Waals surface area contributed by atoms with E-state index in [1.54, 1.807) is 43.3 Å². The van der Waals surface area contributed by atoms with Gasteiger partial charge in [0.05, 0.1) is 12.2 Å². The van der Waals surface area contributed by atoms with Crippen molar-refractivity contribution in [2.45, 2.75) is 19.6 Å². The van der Waals surface area contributed by atoms with Crippen LogP contribution in [0, 0.1) is 12.7 Å². The molecule has 28 heavy (non-hydrogen) atoms. The number of amides is 2. The van der Waals surface area contributed by atoms with Gasteiger partial charge in [-0.3, -0.25) is 9.59 Å². The third-order valence-corrected chi connectivity index (χ3v) is 4.25. The molecule has 0 aliphatic heterocycles. The third-order valence-electron chi connectivity index (χ3n) is 4.25. The van der Waals surface area contributed by atoms with Gasteiger partial charge in [0.25, 0.3) is 5.91 Å². The fourth-order valence-electron chi connectivity index (χ4n) is 2.78. The zero-order chi connectivity index (χ0) is 20.3. The molecule has 1 heterocycles. The minimum atomic E-state index is -1.21. The Morgan fingerprint density at radius 3 is 2.71 bits per heavy atom. The number of aliphatic hydroxyl groups excluding tert-OH is 1. The fraction of sp³-hybridized carbons (Fsp3) is 0.200. The van der Waals surface area contributed by atoms with Crippen LogP contribution < -0.4 is 15.8 Å². The predicted molar refractivity (Wildman–Crippen MR) is 99.2 cm³/mol. The Balaban J connectivity index is 1.86. The Morgan fingerprint density at radius 1 is 1.29 bits per heavy atom. The van der Waals surface area contributed by atoms with Gasteiger partial charge in [-0.05, 0) is 31.2 Å². The summed E-state index contributed by atoms with van der Waals surface area (Å²) in [6, 6.07) is 9.94. The summed E-state index contributed by atoms with van der Waals surface area (Å²) < 4.78 is 24.9. The molecular formula is C20H19FN2O5. The number of carbonyl (C=O) groups excluding carboxylic acids is 2. The Bertz CT molecular complexity index is 1030. The number of hydrogen-bond acceptors (Lipinski definition) is 5. The van der Waals surface area contributed by atoms with E-state index in [9.17, 15) is 19.1 Å². The number of nitrogens with one attached hydrogen (secondary N) is 1. The van der Waals surface area contributed by atoms with Crippen molar-refractivity contribution < 1.29 is 28.2 Å². The van der Waals surface area contributed by atoms with Crippen LogP contribution in [0.5, 0.6) is 5.75 Å². The summed E-state index contributed by atoms with van der Waals surface area (Å²) in [7, 11) is 0. The van der Waals surface area contributed by atoms with Gasteiger partial charge in [-0.1, -0.05) is 18.2 Å². The van der Waals surface area contributed by atoms with Crippen LogP contribution in [0.1, 0.15) is 21.7 Å². The Kier molecular flexibility index (Phi) is 5.60. The lowest BCUT2D eigenvalue weighted by Gasteiger charge is -2.12. The summed E-state index contributed by atoms with van der Waals surface area (Å²) in [5, 5.41) is 12.0. The topological polar surface area (TPSA) is 115 Å². The highest BCUT2D eigenvalue weighted by atomic mass is 19.1. The molecule has 0 saturated carbocycles. The summed E-state index contributed by atoms with van der Waals surface area (Å²) >= 11 is 0. The zero-order valence-corrected chi connectivity index (χ0v) is 15.1. The molecule has 1 atom stereocenters. The number of halogens is 1. The highest BCUT2D eigenvalue weighted by molar-refractivity contribution is 6.08. The minimum absolute atomic E-state index is 0.0187. The number of furan rings is 1. The van der Waals surface area contributed by atoms with Gasteiger partial charge in [-0.25, -0.2) is 4.39 Å². The van der Waals surface area contributed by atoms with Crippen molar-refractivity contribution in [1.29, 1.82) is 0 Å². The van der Waals surface area contributed by atoms with Gasteiger partial charge in [0.1, 0.15) is 35.6 Å². The monoisotopic (exact) mass is 386 g/mol. The third kappa shape index (κ3) is 3.96. The van der Waals surface area contributed by atoms with Crippen LogP contribution in [0.15, 0.2) is 46.9 Å². The largest absolute Gasteiger partial charge is 0.489 e. The second kappa shape index (κ2) is 8.10. The molecular weight excluding hydrogens is 367 g/mol. The molecule has 0 bridgehead atoms. The second-order valence-corrected chi connectivity index (χ2v) is 6.18. The zero-order valence-electron chi connectivity index (χ0n) is 15.1. The van der Waals surface area contributed by atoms with E-state index in [2.05, 4.69) is 5.32 Å². The van der Waals surface area contributed by atoms with Crippen LogP contribution in [-0.4, -0.2) is 29.6 Å². The van der Waals surface area contributed by atoms with E-state index in [-0.39, 0.29) is 18.0 Å². The van der Waals surface area contributed by atoms with Gasteiger partial charge in [-0.2, -0.15) is 0 Å². The summed E-state index contributed by atoms with van der Waals surface area (Å²) in [5.74, 6) is -1.08. The van der Waals surface area contributed by atoms with E-state index in [1.165, 1.54) is 6.07 Å². The number of primary amides is 1. The van der Waals surface area contributed by atoms with Crippen molar-refractivity contribution >= 4 is 22.8 Å². The Labute approximate surface area is 159 Å². The van der Waals surface area contributed by atoms with Crippen molar-refractivity contribution in [2.24, 2.45) is 5.73 Å². The Morgan fingerprint density at radius 2 is 2.04 bits per heavy atom. The number of nitrogens with two attached hydrogens (primary N) is 1. The number of aliphatic hydroxyl groups is 1.